The van der Waals surface area contributed by atoms with Crippen LogP contribution in [0.1, 0.15) is 24.8 Å². The Morgan fingerprint density at radius 2 is 2.20 bits per heavy atom. The van der Waals surface area contributed by atoms with Gasteiger partial charge in [0, 0.05) is 19.5 Å². The van der Waals surface area contributed by atoms with Crippen LogP contribution >= 0.6 is 0 Å². The SMILES string of the molecule is O=C(O)CC1CCCN(C(=O)Cc2cccc(F)c2)C1. The van der Waals surface area contributed by atoms with Gasteiger partial charge in [-0.3, -0.25) is 9.59 Å². The number of hydrogen-bond donors (Lipinski definition) is 1. The maximum Gasteiger partial charge on any atom is 0.303 e. The summed E-state index contributed by atoms with van der Waals surface area (Å²) in [6.45, 7) is 1.14. The van der Waals surface area contributed by atoms with Gasteiger partial charge in [0.2, 0.25) is 5.91 Å². The van der Waals surface area contributed by atoms with Gasteiger partial charge in [0.15, 0.2) is 0 Å². The quantitative estimate of drug-likeness (QED) is 0.918. The Balaban J connectivity index is 1.93. The molecule has 0 radical (unpaired) electrons. The van der Waals surface area contributed by atoms with Gasteiger partial charge in [-0.15, -0.1) is 0 Å². The Labute approximate surface area is 117 Å². The molecule has 4 nitrogen and oxygen atoms in total. The number of nitrogens with zero attached hydrogens (tertiary/aromatic N) is 1. The number of carboxylic acids is 1. The van der Waals surface area contributed by atoms with Gasteiger partial charge in [0.25, 0.3) is 0 Å². The Kier molecular flexibility index (Phi) is 4.71. The molecule has 1 fully saturated rings. The van der Waals surface area contributed by atoms with Crippen LogP contribution in [0.25, 0.3) is 0 Å². The molecule has 1 aromatic carbocycles. The van der Waals surface area contributed by atoms with Crippen molar-refractivity contribution in [3.63, 3.8) is 0 Å². The number of carbonyl (C=O) groups excluding carboxylic acids is 1. The molecule has 108 valence electrons. The van der Waals surface area contributed by atoms with Gasteiger partial charge in [-0.1, -0.05) is 12.1 Å². The molecule has 20 heavy (non-hydrogen) atoms. The number of carbonyl (C=O) groups is 2. The smallest absolute Gasteiger partial charge is 0.303 e. The summed E-state index contributed by atoms with van der Waals surface area (Å²) in [5.41, 5.74) is 0.648. The summed E-state index contributed by atoms with van der Waals surface area (Å²) in [5.74, 6) is -1.21. The molecule has 1 amide bonds. The van der Waals surface area contributed by atoms with Gasteiger partial charge in [-0.25, -0.2) is 4.39 Å². The lowest BCUT2D eigenvalue weighted by atomic mass is 9.94. The van der Waals surface area contributed by atoms with Gasteiger partial charge >= 0.3 is 5.97 Å². The van der Waals surface area contributed by atoms with E-state index in [2.05, 4.69) is 0 Å². The molecule has 0 aromatic heterocycles. The fourth-order valence-corrected chi connectivity index (χ4v) is 2.64. The first-order chi connectivity index (χ1) is 9.54. The van der Waals surface area contributed by atoms with Gasteiger partial charge < -0.3 is 10.0 Å². The molecule has 0 aliphatic carbocycles. The molecule has 1 unspecified atom stereocenters. The Bertz CT molecular complexity index is 504. The highest BCUT2D eigenvalue weighted by molar-refractivity contribution is 5.79. The van der Waals surface area contributed by atoms with E-state index in [0.717, 1.165) is 12.8 Å². The summed E-state index contributed by atoms with van der Waals surface area (Å²) in [4.78, 5) is 24.6. The number of rotatable bonds is 4. The van der Waals surface area contributed by atoms with Crippen LogP contribution in [0.4, 0.5) is 4.39 Å². The summed E-state index contributed by atoms with van der Waals surface area (Å²) < 4.78 is 13.1. The summed E-state index contributed by atoms with van der Waals surface area (Å²) in [5, 5.41) is 8.81. The molecule has 0 spiro atoms. The Morgan fingerprint density at radius 3 is 2.90 bits per heavy atom. The zero-order valence-electron chi connectivity index (χ0n) is 11.2. The molecular weight excluding hydrogens is 261 g/mol. The van der Waals surface area contributed by atoms with E-state index in [1.54, 1.807) is 17.0 Å². The van der Waals surface area contributed by atoms with Gasteiger partial charge in [-0.2, -0.15) is 0 Å². The van der Waals surface area contributed by atoms with E-state index >= 15 is 0 Å². The third-order valence-electron chi connectivity index (χ3n) is 3.58. The second kappa shape index (κ2) is 6.50. The van der Waals surface area contributed by atoms with E-state index in [1.807, 2.05) is 0 Å². The number of benzene rings is 1. The molecule has 1 saturated heterocycles. The standard InChI is InChI=1S/C15H18FNO3/c16-13-5-1-3-11(7-13)8-14(18)17-6-2-4-12(10-17)9-15(19)20/h1,3,5,7,12H,2,4,6,8-10H2,(H,19,20). The number of hydrogen-bond acceptors (Lipinski definition) is 2. The summed E-state index contributed by atoms with van der Waals surface area (Å²) in [6.07, 6.45) is 1.93. The number of aliphatic carboxylic acids is 1. The molecule has 1 atom stereocenters. The minimum Gasteiger partial charge on any atom is -0.481 e. The summed E-state index contributed by atoms with van der Waals surface area (Å²) >= 11 is 0. The molecule has 1 aromatic rings. The number of halogens is 1. The van der Waals surface area contributed by atoms with Crippen molar-refractivity contribution in [1.29, 1.82) is 0 Å². The lowest BCUT2D eigenvalue weighted by molar-refractivity contribution is -0.140. The van der Waals surface area contributed by atoms with Crippen LogP contribution in [0, 0.1) is 11.7 Å². The molecule has 1 aliphatic rings. The number of piperidine rings is 1. The zero-order valence-corrected chi connectivity index (χ0v) is 11.2. The highest BCUT2D eigenvalue weighted by Gasteiger charge is 2.25. The van der Waals surface area contributed by atoms with E-state index in [0.29, 0.717) is 18.7 Å². The fraction of sp³-hybridized carbons (Fsp3) is 0.467. The van der Waals surface area contributed by atoms with Crippen LogP contribution in [0.15, 0.2) is 24.3 Å². The first-order valence-corrected chi connectivity index (χ1v) is 6.78. The molecule has 5 heteroatoms. The summed E-state index contributed by atoms with van der Waals surface area (Å²) in [7, 11) is 0. The molecule has 1 heterocycles. The molecule has 0 bridgehead atoms. The maximum atomic E-state index is 13.1. The van der Waals surface area contributed by atoms with Crippen molar-refractivity contribution in [3.05, 3.63) is 35.6 Å². The Hall–Kier alpha value is -1.91. The first kappa shape index (κ1) is 14.5. The second-order valence-electron chi connectivity index (χ2n) is 5.25. The molecule has 0 saturated carbocycles. The maximum absolute atomic E-state index is 13.1. The highest BCUT2D eigenvalue weighted by Crippen LogP contribution is 2.20. The van der Waals surface area contributed by atoms with Crippen LogP contribution in [-0.2, 0) is 16.0 Å². The van der Waals surface area contributed by atoms with Crippen LogP contribution in [0.2, 0.25) is 0 Å². The van der Waals surface area contributed by atoms with Crippen LogP contribution < -0.4 is 0 Å². The normalized spacial score (nSPS) is 18.9. The lowest BCUT2D eigenvalue weighted by Gasteiger charge is -2.32. The second-order valence-corrected chi connectivity index (χ2v) is 5.25. The summed E-state index contributed by atoms with van der Waals surface area (Å²) in [6, 6.07) is 6.01. The van der Waals surface area contributed by atoms with E-state index < -0.39 is 5.97 Å². The van der Waals surface area contributed by atoms with Crippen molar-refractivity contribution >= 4 is 11.9 Å². The van der Waals surface area contributed by atoms with E-state index in [1.165, 1.54) is 12.1 Å². The number of carboxylic acid groups (broad SMARTS) is 1. The Morgan fingerprint density at radius 1 is 1.40 bits per heavy atom. The topological polar surface area (TPSA) is 57.6 Å². The minimum absolute atomic E-state index is 0.0257. The van der Waals surface area contributed by atoms with E-state index in [4.69, 9.17) is 5.11 Å². The van der Waals surface area contributed by atoms with E-state index in [-0.39, 0.29) is 30.5 Å². The van der Waals surface area contributed by atoms with Crippen molar-refractivity contribution in [2.75, 3.05) is 13.1 Å². The third kappa shape index (κ3) is 4.05. The molecular formula is C15H18FNO3. The van der Waals surface area contributed by atoms with Gasteiger partial charge in [-0.05, 0) is 36.5 Å². The van der Waals surface area contributed by atoms with Crippen LogP contribution in [0.3, 0.4) is 0 Å². The van der Waals surface area contributed by atoms with Crippen molar-refractivity contribution in [1.82, 2.24) is 4.90 Å². The largest absolute Gasteiger partial charge is 0.481 e. The van der Waals surface area contributed by atoms with Crippen molar-refractivity contribution in [2.24, 2.45) is 5.92 Å². The minimum atomic E-state index is -0.825. The van der Waals surface area contributed by atoms with Crippen molar-refractivity contribution in [2.45, 2.75) is 25.7 Å². The van der Waals surface area contributed by atoms with Crippen molar-refractivity contribution in [3.8, 4) is 0 Å². The first-order valence-electron chi connectivity index (χ1n) is 6.78. The van der Waals surface area contributed by atoms with Gasteiger partial charge in [0.1, 0.15) is 5.82 Å². The highest BCUT2D eigenvalue weighted by atomic mass is 19.1. The average molecular weight is 279 g/mol. The number of amides is 1. The fourth-order valence-electron chi connectivity index (χ4n) is 2.64. The average Bonchev–Trinajstić information content (AvgIpc) is 2.38. The monoisotopic (exact) mass is 279 g/mol. The predicted octanol–water partition coefficient (Wildman–Crippen LogP) is 2.08. The molecule has 1 aliphatic heterocycles. The molecule has 2 rings (SSSR count). The van der Waals surface area contributed by atoms with E-state index in [9.17, 15) is 14.0 Å². The zero-order chi connectivity index (χ0) is 14.5. The lowest BCUT2D eigenvalue weighted by Crippen LogP contribution is -2.41. The predicted molar refractivity (Wildman–Crippen MR) is 71.7 cm³/mol. The molecule has 1 N–H and O–H groups in total. The number of likely N-dealkylation sites (tertiary alicyclic amines) is 1. The van der Waals surface area contributed by atoms with Crippen molar-refractivity contribution < 1.29 is 19.1 Å². The van der Waals surface area contributed by atoms with Crippen LogP contribution in [-0.4, -0.2) is 35.0 Å². The van der Waals surface area contributed by atoms with Gasteiger partial charge in [0.05, 0.1) is 6.42 Å². The van der Waals surface area contributed by atoms with Crippen LogP contribution in [0.5, 0.6) is 0 Å². The third-order valence-corrected chi connectivity index (χ3v) is 3.58.